The molecule has 2 N–H and O–H groups in total. The molecule has 2 aliphatic heterocycles. The smallest absolute Gasteiger partial charge is 0.329 e. The van der Waals surface area contributed by atoms with Gasteiger partial charge in [0.1, 0.15) is 22.6 Å². The number of ether oxygens (including phenoxy) is 1. The highest BCUT2D eigenvalue weighted by Gasteiger charge is 2.48. The first-order valence-corrected chi connectivity index (χ1v) is 7.59. The average molecular weight is 344 g/mol. The zero-order chi connectivity index (χ0) is 14.3. The maximum Gasteiger partial charge on any atom is 0.329 e. The third kappa shape index (κ3) is 2.49. The molecule has 1 aromatic rings. The molecule has 2 aliphatic rings. The summed E-state index contributed by atoms with van der Waals surface area (Å²) in [6, 6.07) is 0.774. The van der Waals surface area contributed by atoms with Crippen molar-refractivity contribution in [2.75, 3.05) is 6.61 Å². The molecule has 7 heteroatoms. The molecule has 2 atom stereocenters. The number of rotatable bonds is 4. The SMILES string of the molecule is Cn1cc(Br)nc1C1(OCC(=O)O)CC2CCC(C1)N2. The molecule has 2 saturated heterocycles. The Labute approximate surface area is 125 Å². The molecule has 110 valence electrons. The number of aryl methyl sites for hydroxylation is 1. The van der Waals surface area contributed by atoms with Crippen molar-refractivity contribution in [1.29, 1.82) is 0 Å². The molecular weight excluding hydrogens is 326 g/mol. The number of nitrogens with one attached hydrogen (secondary N) is 1. The highest BCUT2D eigenvalue weighted by molar-refractivity contribution is 9.10. The van der Waals surface area contributed by atoms with E-state index in [2.05, 4.69) is 26.2 Å². The average Bonchev–Trinajstić information content (AvgIpc) is 2.90. The Morgan fingerprint density at radius 2 is 2.25 bits per heavy atom. The van der Waals surface area contributed by atoms with Gasteiger partial charge in [0.05, 0.1) is 0 Å². The number of fused-ring (bicyclic) bond motifs is 2. The Morgan fingerprint density at radius 1 is 1.60 bits per heavy atom. The molecule has 2 unspecified atom stereocenters. The van der Waals surface area contributed by atoms with Gasteiger partial charge in [-0.2, -0.15) is 0 Å². The molecule has 3 heterocycles. The van der Waals surface area contributed by atoms with E-state index in [4.69, 9.17) is 9.84 Å². The number of nitrogens with zero attached hydrogens (tertiary/aromatic N) is 2. The zero-order valence-corrected chi connectivity index (χ0v) is 12.9. The van der Waals surface area contributed by atoms with Crippen molar-refractivity contribution in [2.45, 2.75) is 43.4 Å². The number of hydrogen-bond acceptors (Lipinski definition) is 4. The van der Waals surface area contributed by atoms with Gasteiger partial charge in [-0.1, -0.05) is 0 Å². The molecule has 0 saturated carbocycles. The van der Waals surface area contributed by atoms with Gasteiger partial charge in [-0.05, 0) is 41.6 Å². The number of hydrogen-bond donors (Lipinski definition) is 2. The molecule has 6 nitrogen and oxygen atoms in total. The number of carboxylic acids is 1. The standard InChI is InChI=1S/C13H18BrN3O3/c1-17-6-10(14)16-12(17)13(20-7-11(18)19)4-8-2-3-9(5-13)15-8/h6,8-9,15H,2-5,7H2,1H3,(H,18,19). The first kappa shape index (κ1) is 14.0. The van der Waals surface area contributed by atoms with Crippen LogP contribution in [0.1, 0.15) is 31.5 Å². The van der Waals surface area contributed by atoms with Gasteiger partial charge >= 0.3 is 5.97 Å². The van der Waals surface area contributed by atoms with Gasteiger partial charge in [-0.25, -0.2) is 9.78 Å². The van der Waals surface area contributed by atoms with Gasteiger partial charge in [0, 0.05) is 25.3 Å². The molecule has 0 aromatic carbocycles. The Morgan fingerprint density at radius 3 is 2.75 bits per heavy atom. The van der Waals surface area contributed by atoms with Crippen LogP contribution in [-0.2, 0) is 22.2 Å². The molecule has 0 radical (unpaired) electrons. The minimum Gasteiger partial charge on any atom is -0.480 e. The van der Waals surface area contributed by atoms with Crippen LogP contribution in [0.3, 0.4) is 0 Å². The molecule has 1 aromatic heterocycles. The second kappa shape index (κ2) is 5.13. The normalized spacial score (nSPS) is 32.5. The fraction of sp³-hybridized carbons (Fsp3) is 0.692. The number of aliphatic carboxylic acids is 1. The molecule has 20 heavy (non-hydrogen) atoms. The summed E-state index contributed by atoms with van der Waals surface area (Å²) in [6.07, 6.45) is 5.66. The summed E-state index contributed by atoms with van der Waals surface area (Å²) in [7, 11) is 1.92. The van der Waals surface area contributed by atoms with Crippen molar-refractivity contribution in [3.63, 3.8) is 0 Å². The van der Waals surface area contributed by atoms with E-state index < -0.39 is 11.6 Å². The lowest BCUT2D eigenvalue weighted by Crippen LogP contribution is -2.49. The van der Waals surface area contributed by atoms with Gasteiger partial charge in [0.15, 0.2) is 0 Å². The van der Waals surface area contributed by atoms with Crippen molar-refractivity contribution in [3.05, 3.63) is 16.6 Å². The minimum absolute atomic E-state index is 0.288. The van der Waals surface area contributed by atoms with Gasteiger partial charge in [0.25, 0.3) is 0 Å². The summed E-state index contributed by atoms with van der Waals surface area (Å²) in [5.41, 5.74) is -0.601. The van der Waals surface area contributed by atoms with Crippen LogP contribution < -0.4 is 5.32 Å². The lowest BCUT2D eigenvalue weighted by molar-refractivity contribution is -0.155. The van der Waals surface area contributed by atoms with Crippen molar-refractivity contribution >= 4 is 21.9 Å². The topological polar surface area (TPSA) is 76.4 Å². The van der Waals surface area contributed by atoms with Crippen LogP contribution in [0.2, 0.25) is 0 Å². The van der Waals surface area contributed by atoms with Crippen LogP contribution >= 0.6 is 15.9 Å². The number of carboxylic acid groups (broad SMARTS) is 1. The monoisotopic (exact) mass is 343 g/mol. The predicted octanol–water partition coefficient (Wildman–Crippen LogP) is 1.39. The maximum absolute atomic E-state index is 10.9. The van der Waals surface area contributed by atoms with E-state index in [9.17, 15) is 4.79 Å². The lowest BCUT2D eigenvalue weighted by atomic mass is 9.86. The minimum atomic E-state index is -0.941. The van der Waals surface area contributed by atoms with E-state index >= 15 is 0 Å². The number of aromatic nitrogens is 2. The third-order valence-electron chi connectivity index (χ3n) is 4.21. The van der Waals surface area contributed by atoms with Crippen LogP contribution in [0.15, 0.2) is 10.8 Å². The largest absolute Gasteiger partial charge is 0.480 e. The van der Waals surface area contributed by atoms with Gasteiger partial charge in [-0.3, -0.25) is 0 Å². The second-order valence-corrected chi connectivity index (χ2v) is 6.53. The van der Waals surface area contributed by atoms with Crippen LogP contribution in [0.25, 0.3) is 0 Å². The van der Waals surface area contributed by atoms with Crippen molar-refractivity contribution in [1.82, 2.24) is 14.9 Å². The highest BCUT2D eigenvalue weighted by Crippen LogP contribution is 2.43. The highest BCUT2D eigenvalue weighted by atomic mass is 79.9. The Balaban J connectivity index is 1.95. The number of halogens is 1. The maximum atomic E-state index is 10.9. The Hall–Kier alpha value is -0.920. The fourth-order valence-corrected chi connectivity index (χ4v) is 4.00. The summed E-state index contributed by atoms with van der Waals surface area (Å²) < 4.78 is 8.53. The van der Waals surface area contributed by atoms with Crippen molar-refractivity contribution < 1.29 is 14.6 Å². The molecule has 2 fully saturated rings. The summed E-state index contributed by atoms with van der Waals surface area (Å²) in [6.45, 7) is -0.288. The van der Waals surface area contributed by atoms with Crippen LogP contribution in [0.5, 0.6) is 0 Å². The van der Waals surface area contributed by atoms with E-state index in [1.807, 2.05) is 17.8 Å². The first-order valence-electron chi connectivity index (χ1n) is 6.80. The van der Waals surface area contributed by atoms with Gasteiger partial charge in [0.2, 0.25) is 0 Å². The Kier molecular flexibility index (Phi) is 3.60. The van der Waals surface area contributed by atoms with E-state index in [1.165, 1.54) is 0 Å². The fourth-order valence-electron chi connectivity index (χ4n) is 3.52. The quantitative estimate of drug-likeness (QED) is 0.863. The summed E-state index contributed by atoms with van der Waals surface area (Å²) in [5, 5.41) is 12.5. The summed E-state index contributed by atoms with van der Waals surface area (Å²) >= 11 is 3.38. The third-order valence-corrected chi connectivity index (χ3v) is 4.60. The number of carbonyl (C=O) groups is 1. The lowest BCUT2D eigenvalue weighted by Gasteiger charge is -2.40. The van der Waals surface area contributed by atoms with E-state index in [1.54, 1.807) is 0 Å². The molecule has 0 aliphatic carbocycles. The first-order chi connectivity index (χ1) is 9.48. The summed E-state index contributed by atoms with van der Waals surface area (Å²) in [5.74, 6) is -0.132. The number of piperidine rings is 1. The number of imidazole rings is 1. The van der Waals surface area contributed by atoms with Crippen LogP contribution in [0, 0.1) is 0 Å². The van der Waals surface area contributed by atoms with E-state index in [-0.39, 0.29) is 6.61 Å². The molecule has 2 bridgehead atoms. The van der Waals surface area contributed by atoms with Crippen LogP contribution in [0.4, 0.5) is 0 Å². The van der Waals surface area contributed by atoms with Gasteiger partial charge < -0.3 is 19.7 Å². The van der Waals surface area contributed by atoms with Crippen molar-refractivity contribution in [2.24, 2.45) is 7.05 Å². The Bertz CT molecular complexity index is 519. The predicted molar refractivity (Wildman–Crippen MR) is 75.4 cm³/mol. The van der Waals surface area contributed by atoms with Crippen LogP contribution in [-0.4, -0.2) is 39.3 Å². The van der Waals surface area contributed by atoms with Crippen molar-refractivity contribution in [3.8, 4) is 0 Å². The van der Waals surface area contributed by atoms with E-state index in [0.29, 0.717) is 12.1 Å². The molecule has 3 rings (SSSR count). The zero-order valence-electron chi connectivity index (χ0n) is 11.3. The molecule has 0 amide bonds. The molecule has 0 spiro atoms. The van der Waals surface area contributed by atoms with E-state index in [0.717, 1.165) is 36.1 Å². The molecular formula is C13H18BrN3O3. The second-order valence-electron chi connectivity index (χ2n) is 5.72. The summed E-state index contributed by atoms with van der Waals surface area (Å²) in [4.78, 5) is 15.4. The van der Waals surface area contributed by atoms with Gasteiger partial charge in [-0.15, -0.1) is 0 Å².